The summed E-state index contributed by atoms with van der Waals surface area (Å²) in [6.07, 6.45) is 5.17. The zero-order chi connectivity index (χ0) is 22.2. The number of hydrogen-bond donors (Lipinski definition) is 2. The Bertz CT molecular complexity index is 1200. The Morgan fingerprint density at radius 2 is 2.12 bits per heavy atom. The molecule has 3 heterocycles. The maximum atomic E-state index is 13.0. The van der Waals surface area contributed by atoms with Crippen molar-refractivity contribution < 1.29 is 14.3 Å². The van der Waals surface area contributed by atoms with Crippen molar-refractivity contribution in [3.05, 3.63) is 47.3 Å². The lowest BCUT2D eigenvalue weighted by Gasteiger charge is -2.17. The minimum atomic E-state index is -0.139. The Morgan fingerprint density at radius 3 is 2.91 bits per heavy atom. The highest BCUT2D eigenvalue weighted by molar-refractivity contribution is 6.05. The van der Waals surface area contributed by atoms with E-state index in [1.165, 1.54) is 0 Å². The van der Waals surface area contributed by atoms with E-state index >= 15 is 0 Å². The highest BCUT2D eigenvalue weighted by Gasteiger charge is 2.28. The Kier molecular flexibility index (Phi) is 5.28. The van der Waals surface area contributed by atoms with Crippen LogP contribution in [-0.2, 0) is 11.2 Å². The van der Waals surface area contributed by atoms with Gasteiger partial charge in [-0.05, 0) is 62.9 Å². The number of ether oxygens (including phenoxy) is 1. The van der Waals surface area contributed by atoms with E-state index in [0.717, 1.165) is 46.6 Å². The first-order valence-corrected chi connectivity index (χ1v) is 11.2. The fraction of sp³-hybridized carbons (Fsp3) is 0.417. The van der Waals surface area contributed by atoms with Gasteiger partial charge in [-0.25, -0.2) is 9.67 Å². The SMILES string of the molecule is CC(C)n1ncc2c(C(=O)NCCOc3ccc4c(c3)CCC(=O)N4)cc(C3CC3)nc21. The number of carbonyl (C=O) groups excluding carboxylic acids is 2. The number of pyridine rings is 1. The van der Waals surface area contributed by atoms with Gasteiger partial charge in [-0.2, -0.15) is 5.10 Å². The fourth-order valence-corrected chi connectivity index (χ4v) is 4.07. The van der Waals surface area contributed by atoms with Gasteiger partial charge in [-0.15, -0.1) is 0 Å². The summed E-state index contributed by atoms with van der Waals surface area (Å²) in [6, 6.07) is 7.73. The number of rotatable bonds is 7. The molecule has 2 aromatic heterocycles. The zero-order valence-corrected chi connectivity index (χ0v) is 18.4. The van der Waals surface area contributed by atoms with Crippen molar-refractivity contribution in [1.82, 2.24) is 20.1 Å². The Hall–Kier alpha value is -3.42. The summed E-state index contributed by atoms with van der Waals surface area (Å²) in [5.74, 6) is 1.08. The quantitative estimate of drug-likeness (QED) is 0.555. The molecule has 0 spiro atoms. The lowest BCUT2D eigenvalue weighted by molar-refractivity contribution is -0.116. The first-order chi connectivity index (χ1) is 15.5. The average molecular weight is 434 g/mol. The van der Waals surface area contributed by atoms with E-state index in [4.69, 9.17) is 9.72 Å². The van der Waals surface area contributed by atoms with Crippen LogP contribution in [0.4, 0.5) is 5.69 Å². The smallest absolute Gasteiger partial charge is 0.252 e. The first-order valence-electron chi connectivity index (χ1n) is 11.2. The number of nitrogens with zero attached hydrogens (tertiary/aromatic N) is 3. The van der Waals surface area contributed by atoms with Crippen LogP contribution in [0.5, 0.6) is 5.75 Å². The second-order valence-corrected chi connectivity index (χ2v) is 8.76. The van der Waals surface area contributed by atoms with Crippen LogP contribution >= 0.6 is 0 Å². The number of aromatic nitrogens is 3. The van der Waals surface area contributed by atoms with Crippen molar-refractivity contribution in [2.45, 2.75) is 51.5 Å². The second kappa shape index (κ2) is 8.26. The molecule has 1 aromatic carbocycles. The molecule has 0 unspecified atom stereocenters. The maximum absolute atomic E-state index is 13.0. The lowest BCUT2D eigenvalue weighted by Crippen LogP contribution is -2.28. The Labute approximate surface area is 186 Å². The van der Waals surface area contributed by atoms with Gasteiger partial charge >= 0.3 is 0 Å². The molecule has 1 aliphatic carbocycles. The van der Waals surface area contributed by atoms with E-state index in [1.807, 2.05) is 28.9 Å². The van der Waals surface area contributed by atoms with Crippen LogP contribution in [0.3, 0.4) is 0 Å². The van der Waals surface area contributed by atoms with Crippen LogP contribution < -0.4 is 15.4 Å². The molecule has 0 bridgehead atoms. The van der Waals surface area contributed by atoms with Gasteiger partial charge in [-0.3, -0.25) is 9.59 Å². The van der Waals surface area contributed by atoms with Gasteiger partial charge < -0.3 is 15.4 Å². The van der Waals surface area contributed by atoms with E-state index in [0.29, 0.717) is 37.5 Å². The molecule has 32 heavy (non-hydrogen) atoms. The lowest BCUT2D eigenvalue weighted by atomic mass is 10.0. The molecule has 3 aromatic rings. The number of fused-ring (bicyclic) bond motifs is 2. The van der Waals surface area contributed by atoms with Gasteiger partial charge in [0.25, 0.3) is 5.91 Å². The minimum Gasteiger partial charge on any atom is -0.492 e. The second-order valence-electron chi connectivity index (χ2n) is 8.76. The predicted octanol–water partition coefficient (Wildman–Crippen LogP) is 3.58. The minimum absolute atomic E-state index is 0.0443. The van der Waals surface area contributed by atoms with Crippen molar-refractivity contribution >= 4 is 28.5 Å². The monoisotopic (exact) mass is 433 g/mol. The number of aryl methyl sites for hydroxylation is 1. The number of carbonyl (C=O) groups is 2. The molecule has 2 aliphatic rings. The van der Waals surface area contributed by atoms with E-state index in [-0.39, 0.29) is 17.9 Å². The maximum Gasteiger partial charge on any atom is 0.252 e. The van der Waals surface area contributed by atoms with Crippen molar-refractivity contribution in [3.63, 3.8) is 0 Å². The third-order valence-corrected chi connectivity index (χ3v) is 5.94. The highest BCUT2D eigenvalue weighted by Crippen LogP contribution is 2.40. The summed E-state index contributed by atoms with van der Waals surface area (Å²) in [5, 5.41) is 11.1. The van der Waals surface area contributed by atoms with Crippen molar-refractivity contribution in [1.29, 1.82) is 0 Å². The predicted molar refractivity (Wildman–Crippen MR) is 121 cm³/mol. The molecule has 8 nitrogen and oxygen atoms in total. The van der Waals surface area contributed by atoms with Crippen molar-refractivity contribution in [2.75, 3.05) is 18.5 Å². The van der Waals surface area contributed by atoms with Gasteiger partial charge in [0, 0.05) is 29.8 Å². The van der Waals surface area contributed by atoms with Crippen LogP contribution in [0.15, 0.2) is 30.5 Å². The number of hydrogen-bond acceptors (Lipinski definition) is 5. The van der Waals surface area contributed by atoms with Gasteiger partial charge in [0.1, 0.15) is 12.4 Å². The summed E-state index contributed by atoms with van der Waals surface area (Å²) in [7, 11) is 0. The van der Waals surface area contributed by atoms with Gasteiger partial charge in [0.05, 0.1) is 23.7 Å². The van der Waals surface area contributed by atoms with Crippen LogP contribution in [0.1, 0.15) is 66.7 Å². The van der Waals surface area contributed by atoms with E-state index in [1.54, 1.807) is 6.20 Å². The molecule has 2 N–H and O–H groups in total. The van der Waals surface area contributed by atoms with Crippen molar-refractivity contribution in [3.8, 4) is 5.75 Å². The summed E-state index contributed by atoms with van der Waals surface area (Å²) in [4.78, 5) is 29.3. The molecule has 0 saturated heterocycles. The fourth-order valence-electron chi connectivity index (χ4n) is 4.07. The third kappa shape index (κ3) is 4.04. The Balaban J connectivity index is 1.25. The van der Waals surface area contributed by atoms with E-state index < -0.39 is 0 Å². The van der Waals surface area contributed by atoms with Crippen LogP contribution in [-0.4, -0.2) is 39.7 Å². The van der Waals surface area contributed by atoms with Crippen LogP contribution in [0.2, 0.25) is 0 Å². The van der Waals surface area contributed by atoms with Gasteiger partial charge in [0.15, 0.2) is 5.65 Å². The average Bonchev–Trinajstić information content (AvgIpc) is 3.54. The molecule has 1 fully saturated rings. The molecular formula is C24H27N5O3. The largest absolute Gasteiger partial charge is 0.492 e. The molecule has 0 atom stereocenters. The summed E-state index contributed by atoms with van der Waals surface area (Å²) in [6.45, 7) is 4.85. The van der Waals surface area contributed by atoms with Gasteiger partial charge in [0.2, 0.25) is 5.91 Å². The van der Waals surface area contributed by atoms with E-state index in [2.05, 4.69) is 29.6 Å². The molecule has 1 saturated carbocycles. The summed E-state index contributed by atoms with van der Waals surface area (Å²) < 4.78 is 7.70. The van der Waals surface area contributed by atoms with Crippen LogP contribution in [0.25, 0.3) is 11.0 Å². The summed E-state index contributed by atoms with van der Waals surface area (Å²) in [5.41, 5.74) is 4.28. The van der Waals surface area contributed by atoms with Crippen LogP contribution in [0, 0.1) is 0 Å². The van der Waals surface area contributed by atoms with E-state index in [9.17, 15) is 9.59 Å². The molecule has 166 valence electrons. The number of nitrogens with one attached hydrogen (secondary N) is 2. The number of anilines is 1. The van der Waals surface area contributed by atoms with Crippen molar-refractivity contribution in [2.24, 2.45) is 0 Å². The first kappa shape index (κ1) is 20.5. The summed E-state index contributed by atoms with van der Waals surface area (Å²) >= 11 is 0. The molecule has 0 radical (unpaired) electrons. The third-order valence-electron chi connectivity index (χ3n) is 5.94. The number of benzene rings is 1. The van der Waals surface area contributed by atoms with Gasteiger partial charge in [-0.1, -0.05) is 0 Å². The topological polar surface area (TPSA) is 98.1 Å². The molecular weight excluding hydrogens is 406 g/mol. The molecule has 5 rings (SSSR count). The Morgan fingerprint density at radius 1 is 1.28 bits per heavy atom. The normalized spacial score (nSPS) is 15.5. The number of amides is 2. The molecule has 1 aliphatic heterocycles. The zero-order valence-electron chi connectivity index (χ0n) is 18.4. The standard InChI is InChI=1S/C24H27N5O3/c1-14(2)29-23-19(13-26-29)18(12-21(28-23)15-3-4-15)24(31)25-9-10-32-17-6-7-20-16(11-17)5-8-22(30)27-20/h6-7,11-15H,3-5,8-10H2,1-2H3,(H,25,31)(H,27,30). The molecule has 2 amide bonds. The highest BCUT2D eigenvalue weighted by atomic mass is 16.5. The molecule has 8 heteroatoms.